The Morgan fingerprint density at radius 2 is 2.04 bits per heavy atom. The number of benzene rings is 1. The second kappa shape index (κ2) is 5.32. The number of carboxylic acid groups (broad SMARTS) is 1. The third-order valence-corrected chi connectivity index (χ3v) is 4.40. The van der Waals surface area contributed by atoms with Crippen molar-refractivity contribution in [3.05, 3.63) is 66.0 Å². The Balaban J connectivity index is 1.80. The van der Waals surface area contributed by atoms with Gasteiger partial charge in [0.05, 0.1) is 17.3 Å². The Hall–Kier alpha value is -2.92. The molecule has 24 heavy (non-hydrogen) atoms. The molecule has 3 N–H and O–H groups in total. The van der Waals surface area contributed by atoms with Crippen LogP contribution >= 0.6 is 0 Å². The lowest BCUT2D eigenvalue weighted by molar-refractivity contribution is 0.0690. The van der Waals surface area contributed by atoms with Crippen LogP contribution in [0, 0.1) is 0 Å². The van der Waals surface area contributed by atoms with E-state index in [4.69, 9.17) is 5.11 Å². The number of aromatic amines is 1. The summed E-state index contributed by atoms with van der Waals surface area (Å²) in [7, 11) is 0. The van der Waals surface area contributed by atoms with E-state index in [1.54, 1.807) is 12.3 Å². The average molecular weight is 320 g/mol. The number of nitrogens with one attached hydrogen (secondary N) is 1. The molecule has 2 heterocycles. The first-order chi connectivity index (χ1) is 11.5. The average Bonchev–Trinajstić information content (AvgIpc) is 2.92. The molecule has 0 saturated carbocycles. The maximum absolute atomic E-state index is 11.2. The molecular formula is C19H16N2O3. The van der Waals surface area contributed by atoms with E-state index < -0.39 is 11.6 Å². The standard InChI is InChI=1S/C19H16N2O3/c22-18(23)16-9-14-13-8-12(10-19(24)6-2-1-3-7-19)4-5-15(13)21-17(14)11-20-16/h1-6,8-9,11,21,24H,7,10H2,(H,22,23). The first kappa shape index (κ1) is 14.7. The number of carbonyl (C=O) groups is 1. The molecule has 1 aliphatic carbocycles. The maximum atomic E-state index is 11.2. The predicted molar refractivity (Wildman–Crippen MR) is 92.1 cm³/mol. The Bertz CT molecular complexity index is 1020. The van der Waals surface area contributed by atoms with E-state index in [1.165, 1.54) is 0 Å². The normalized spacial score (nSPS) is 20.0. The molecule has 0 saturated heterocycles. The molecule has 1 atom stereocenters. The van der Waals surface area contributed by atoms with Crippen molar-refractivity contribution >= 4 is 27.8 Å². The molecule has 1 unspecified atom stereocenters. The van der Waals surface area contributed by atoms with Gasteiger partial charge in [-0.3, -0.25) is 0 Å². The zero-order valence-corrected chi connectivity index (χ0v) is 12.9. The largest absolute Gasteiger partial charge is 0.477 e. The van der Waals surface area contributed by atoms with Crippen LogP contribution < -0.4 is 0 Å². The van der Waals surface area contributed by atoms with Crippen LogP contribution in [-0.4, -0.2) is 31.8 Å². The molecule has 0 amide bonds. The van der Waals surface area contributed by atoms with E-state index >= 15 is 0 Å². The lowest BCUT2D eigenvalue weighted by Gasteiger charge is -2.25. The van der Waals surface area contributed by atoms with Gasteiger partial charge in [0.2, 0.25) is 0 Å². The van der Waals surface area contributed by atoms with E-state index in [9.17, 15) is 9.90 Å². The highest BCUT2D eigenvalue weighted by atomic mass is 16.4. The van der Waals surface area contributed by atoms with E-state index in [0.29, 0.717) is 12.8 Å². The summed E-state index contributed by atoms with van der Waals surface area (Å²) < 4.78 is 0. The zero-order chi connectivity index (χ0) is 16.7. The van der Waals surface area contributed by atoms with Crippen molar-refractivity contribution in [3.63, 3.8) is 0 Å². The smallest absolute Gasteiger partial charge is 0.354 e. The number of rotatable bonds is 3. The van der Waals surface area contributed by atoms with Crippen molar-refractivity contribution < 1.29 is 15.0 Å². The van der Waals surface area contributed by atoms with Crippen molar-refractivity contribution in [3.8, 4) is 0 Å². The third kappa shape index (κ3) is 2.49. The summed E-state index contributed by atoms with van der Waals surface area (Å²) in [6.45, 7) is 0. The molecule has 0 bridgehead atoms. The first-order valence-electron chi connectivity index (χ1n) is 7.74. The molecule has 3 aromatic rings. The maximum Gasteiger partial charge on any atom is 0.354 e. The Labute approximate surface area is 138 Å². The van der Waals surface area contributed by atoms with Gasteiger partial charge in [-0.2, -0.15) is 0 Å². The second-order valence-electron chi connectivity index (χ2n) is 6.20. The number of nitrogens with zero attached hydrogens (tertiary/aromatic N) is 1. The molecule has 0 aliphatic heterocycles. The van der Waals surface area contributed by atoms with Gasteiger partial charge in [0.25, 0.3) is 0 Å². The molecule has 4 rings (SSSR count). The van der Waals surface area contributed by atoms with E-state index in [0.717, 1.165) is 27.4 Å². The first-order valence-corrected chi connectivity index (χ1v) is 7.74. The minimum atomic E-state index is -1.05. The number of aromatic nitrogens is 2. The Kier molecular flexibility index (Phi) is 3.25. The van der Waals surface area contributed by atoms with Crippen LogP contribution in [0.25, 0.3) is 21.8 Å². The number of hydrogen-bond donors (Lipinski definition) is 3. The summed E-state index contributed by atoms with van der Waals surface area (Å²) in [6.07, 6.45) is 10.2. The summed E-state index contributed by atoms with van der Waals surface area (Å²) in [5, 5.41) is 21.5. The number of allylic oxidation sites excluding steroid dienone is 2. The van der Waals surface area contributed by atoms with Crippen molar-refractivity contribution in [1.29, 1.82) is 0 Å². The monoisotopic (exact) mass is 320 g/mol. The summed E-state index contributed by atoms with van der Waals surface area (Å²) in [5.74, 6) is -1.05. The summed E-state index contributed by atoms with van der Waals surface area (Å²) in [4.78, 5) is 18.3. The number of fused-ring (bicyclic) bond motifs is 3. The van der Waals surface area contributed by atoms with Crippen LogP contribution in [0.1, 0.15) is 22.5 Å². The minimum absolute atomic E-state index is 0.0211. The highest BCUT2D eigenvalue weighted by molar-refractivity contribution is 6.08. The quantitative estimate of drug-likeness (QED) is 0.691. The number of aromatic carboxylic acids is 1. The molecule has 0 fully saturated rings. The molecule has 0 spiro atoms. The Morgan fingerprint density at radius 1 is 1.21 bits per heavy atom. The van der Waals surface area contributed by atoms with Gasteiger partial charge in [-0.25, -0.2) is 9.78 Å². The number of pyridine rings is 1. The van der Waals surface area contributed by atoms with Gasteiger partial charge in [0, 0.05) is 22.7 Å². The third-order valence-electron chi connectivity index (χ3n) is 4.40. The van der Waals surface area contributed by atoms with Crippen molar-refractivity contribution in [2.24, 2.45) is 0 Å². The van der Waals surface area contributed by atoms with Crippen LogP contribution in [0.4, 0.5) is 0 Å². The number of aliphatic hydroxyl groups is 1. The van der Waals surface area contributed by atoms with Gasteiger partial charge in [-0.1, -0.05) is 30.4 Å². The lowest BCUT2D eigenvalue weighted by Crippen LogP contribution is -2.29. The highest BCUT2D eigenvalue weighted by Gasteiger charge is 2.24. The predicted octanol–water partition coefficient (Wildman–Crippen LogP) is 3.20. The van der Waals surface area contributed by atoms with Gasteiger partial charge in [0.15, 0.2) is 0 Å². The van der Waals surface area contributed by atoms with E-state index in [2.05, 4.69) is 9.97 Å². The fourth-order valence-electron chi connectivity index (χ4n) is 3.21. The fraction of sp³-hybridized carbons (Fsp3) is 0.158. The second-order valence-corrected chi connectivity index (χ2v) is 6.20. The van der Waals surface area contributed by atoms with E-state index in [-0.39, 0.29) is 5.69 Å². The molecule has 5 heteroatoms. The van der Waals surface area contributed by atoms with Crippen molar-refractivity contribution in [2.45, 2.75) is 18.4 Å². The number of hydrogen-bond acceptors (Lipinski definition) is 3. The van der Waals surface area contributed by atoms with Gasteiger partial charge >= 0.3 is 5.97 Å². The molecular weight excluding hydrogens is 304 g/mol. The van der Waals surface area contributed by atoms with Crippen molar-refractivity contribution in [2.75, 3.05) is 0 Å². The molecule has 2 aromatic heterocycles. The number of H-pyrrole nitrogens is 1. The van der Waals surface area contributed by atoms with Crippen LogP contribution in [0.15, 0.2) is 54.8 Å². The fourth-order valence-corrected chi connectivity index (χ4v) is 3.21. The van der Waals surface area contributed by atoms with Crippen molar-refractivity contribution in [1.82, 2.24) is 9.97 Å². The lowest BCUT2D eigenvalue weighted by atomic mass is 9.88. The highest BCUT2D eigenvalue weighted by Crippen LogP contribution is 2.29. The SMILES string of the molecule is O=C(O)c1cc2c(cn1)[nH]c1ccc(CC3(O)C=CC=CC3)cc12. The van der Waals surface area contributed by atoms with Crippen LogP contribution in [0.3, 0.4) is 0 Å². The van der Waals surface area contributed by atoms with Gasteiger partial charge in [-0.05, 0) is 30.2 Å². The number of carboxylic acids is 1. The van der Waals surface area contributed by atoms with Gasteiger partial charge in [-0.15, -0.1) is 0 Å². The van der Waals surface area contributed by atoms with Crippen LogP contribution in [0.5, 0.6) is 0 Å². The van der Waals surface area contributed by atoms with Crippen LogP contribution in [0.2, 0.25) is 0 Å². The Morgan fingerprint density at radius 3 is 2.79 bits per heavy atom. The van der Waals surface area contributed by atoms with Crippen LogP contribution in [-0.2, 0) is 6.42 Å². The molecule has 0 radical (unpaired) electrons. The molecule has 120 valence electrons. The zero-order valence-electron chi connectivity index (χ0n) is 12.9. The van der Waals surface area contributed by atoms with E-state index in [1.807, 2.05) is 42.5 Å². The molecule has 1 aliphatic rings. The molecule has 1 aromatic carbocycles. The topological polar surface area (TPSA) is 86.2 Å². The van der Waals surface area contributed by atoms with Gasteiger partial charge in [0.1, 0.15) is 5.69 Å². The summed E-state index contributed by atoms with van der Waals surface area (Å²) in [5.41, 5.74) is 1.87. The van der Waals surface area contributed by atoms with Gasteiger partial charge < -0.3 is 15.2 Å². The summed E-state index contributed by atoms with van der Waals surface area (Å²) >= 11 is 0. The minimum Gasteiger partial charge on any atom is -0.477 e. The summed E-state index contributed by atoms with van der Waals surface area (Å²) in [6, 6.07) is 7.52. The molecule has 5 nitrogen and oxygen atoms in total.